The van der Waals surface area contributed by atoms with Gasteiger partial charge in [-0.05, 0) is 44.0 Å². The molecule has 6 rings (SSSR count). The Labute approximate surface area is 210 Å². The number of fused-ring (bicyclic) bond motifs is 1. The summed E-state index contributed by atoms with van der Waals surface area (Å²) in [6.45, 7) is 9.38. The second-order valence-corrected chi connectivity index (χ2v) is 10.4. The van der Waals surface area contributed by atoms with Crippen LogP contribution >= 0.6 is 0 Å². The molecule has 0 saturated carbocycles. The number of Topliss-reactive ketones (excluding diaryl/α,β-unsaturated/α-hetero) is 1. The minimum Gasteiger partial charge on any atom is -0.485 e. The lowest BCUT2D eigenvalue weighted by molar-refractivity contribution is -0.142. The molecule has 1 atom stereocenters. The van der Waals surface area contributed by atoms with E-state index in [9.17, 15) is 14.4 Å². The third-order valence-corrected chi connectivity index (χ3v) is 7.55. The Kier molecular flexibility index (Phi) is 5.19. The Bertz CT molecular complexity index is 1320. The maximum absolute atomic E-state index is 13.1. The number of nitrogens with zero attached hydrogens (tertiary/aromatic N) is 3. The third kappa shape index (κ3) is 3.51. The average molecular weight is 488 g/mol. The number of para-hydroxylation sites is 2. The van der Waals surface area contributed by atoms with E-state index in [4.69, 9.17) is 9.47 Å². The summed E-state index contributed by atoms with van der Waals surface area (Å²) in [6, 6.07) is 11.3. The molecule has 2 aromatic carbocycles. The van der Waals surface area contributed by atoms with Crippen LogP contribution in [-0.4, -0.2) is 78.4 Å². The number of amides is 2. The van der Waals surface area contributed by atoms with Gasteiger partial charge in [0.2, 0.25) is 6.10 Å². The van der Waals surface area contributed by atoms with Crippen LogP contribution in [0.15, 0.2) is 42.5 Å². The van der Waals surface area contributed by atoms with Crippen molar-refractivity contribution in [2.45, 2.75) is 32.4 Å². The van der Waals surface area contributed by atoms with Gasteiger partial charge in [-0.15, -0.1) is 0 Å². The van der Waals surface area contributed by atoms with Crippen LogP contribution in [0.25, 0.3) is 5.57 Å². The van der Waals surface area contributed by atoms with Crippen LogP contribution in [0.5, 0.6) is 11.5 Å². The van der Waals surface area contributed by atoms with Gasteiger partial charge in [0.1, 0.15) is 6.61 Å². The number of hydrogen-bond donors (Lipinski definition) is 0. The molecular weight excluding hydrogens is 458 g/mol. The van der Waals surface area contributed by atoms with Crippen molar-refractivity contribution in [2.24, 2.45) is 0 Å². The van der Waals surface area contributed by atoms with Gasteiger partial charge in [-0.2, -0.15) is 0 Å². The van der Waals surface area contributed by atoms with E-state index in [0.29, 0.717) is 36.7 Å². The highest BCUT2D eigenvalue weighted by Crippen LogP contribution is 2.46. The SMILES string of the molecule is Cc1ccc2c3c1C(=O)C(=O)N3C(C)(C)C=C2CN1CCN(C(=O)[C@@H]2COc3ccccc3O2)CC1. The fraction of sp³-hybridized carbons (Fsp3) is 0.393. The van der Waals surface area contributed by atoms with Crippen molar-refractivity contribution < 1.29 is 23.9 Å². The summed E-state index contributed by atoms with van der Waals surface area (Å²) in [4.78, 5) is 44.5. The zero-order valence-electron chi connectivity index (χ0n) is 20.7. The highest BCUT2D eigenvalue weighted by atomic mass is 16.6. The van der Waals surface area contributed by atoms with Crippen LogP contribution < -0.4 is 14.4 Å². The normalized spacial score (nSPS) is 22.4. The van der Waals surface area contributed by atoms with E-state index in [0.717, 1.165) is 35.5 Å². The van der Waals surface area contributed by atoms with Crippen molar-refractivity contribution in [1.29, 1.82) is 0 Å². The standard InChI is InChI=1S/C28H29N3O5/c1-17-8-9-19-18(14-28(2,3)31-24(19)23(17)25(32)27(31)34)15-29-10-12-30(13-11-29)26(33)22-16-35-20-6-4-5-7-21(20)36-22/h4-9,14,22H,10-13,15-16H2,1-3H3/t22-/m0/s1. The second-order valence-electron chi connectivity index (χ2n) is 10.4. The van der Waals surface area contributed by atoms with Crippen LogP contribution in [0.1, 0.15) is 35.3 Å². The molecule has 1 fully saturated rings. The summed E-state index contributed by atoms with van der Waals surface area (Å²) in [5.74, 6) is 0.343. The lowest BCUT2D eigenvalue weighted by Crippen LogP contribution is -2.54. The molecule has 2 aromatic rings. The first-order valence-corrected chi connectivity index (χ1v) is 12.4. The fourth-order valence-electron chi connectivity index (χ4n) is 5.74. The Morgan fingerprint density at radius 3 is 2.50 bits per heavy atom. The highest BCUT2D eigenvalue weighted by Gasteiger charge is 2.47. The first-order valence-electron chi connectivity index (χ1n) is 12.4. The Hall–Kier alpha value is -3.65. The zero-order valence-corrected chi connectivity index (χ0v) is 20.7. The number of carbonyl (C=O) groups is 3. The van der Waals surface area contributed by atoms with Gasteiger partial charge in [-0.1, -0.05) is 30.3 Å². The smallest absolute Gasteiger partial charge is 0.300 e. The molecule has 2 amide bonds. The first kappa shape index (κ1) is 22.8. The maximum atomic E-state index is 13.1. The summed E-state index contributed by atoms with van der Waals surface area (Å²) in [7, 11) is 0. The molecule has 36 heavy (non-hydrogen) atoms. The van der Waals surface area contributed by atoms with E-state index in [1.54, 1.807) is 4.90 Å². The minimum atomic E-state index is -0.635. The molecule has 0 bridgehead atoms. The molecule has 8 nitrogen and oxygen atoms in total. The number of ether oxygens (including phenoxy) is 2. The van der Waals surface area contributed by atoms with Crippen molar-refractivity contribution in [3.05, 3.63) is 59.2 Å². The van der Waals surface area contributed by atoms with E-state index >= 15 is 0 Å². The number of rotatable bonds is 3. The number of hydrogen-bond acceptors (Lipinski definition) is 6. The maximum Gasteiger partial charge on any atom is 0.300 e. The van der Waals surface area contributed by atoms with Crippen molar-refractivity contribution in [3.63, 3.8) is 0 Å². The van der Waals surface area contributed by atoms with Gasteiger partial charge in [0.15, 0.2) is 11.5 Å². The van der Waals surface area contributed by atoms with Gasteiger partial charge in [0.05, 0.1) is 16.8 Å². The Morgan fingerprint density at radius 1 is 1.03 bits per heavy atom. The molecule has 0 spiro atoms. The summed E-state index contributed by atoms with van der Waals surface area (Å²) in [5.41, 5.74) is 3.56. The van der Waals surface area contributed by atoms with Crippen LogP contribution in [0.3, 0.4) is 0 Å². The Balaban J connectivity index is 1.15. The molecule has 0 N–H and O–H groups in total. The molecule has 4 aliphatic heterocycles. The van der Waals surface area contributed by atoms with E-state index < -0.39 is 23.3 Å². The van der Waals surface area contributed by atoms with Gasteiger partial charge in [0.25, 0.3) is 17.6 Å². The summed E-state index contributed by atoms with van der Waals surface area (Å²) in [5, 5.41) is 0. The van der Waals surface area contributed by atoms with Crippen LogP contribution in [0.4, 0.5) is 5.69 Å². The minimum absolute atomic E-state index is 0.0498. The number of benzene rings is 2. The van der Waals surface area contributed by atoms with E-state index in [1.165, 1.54) is 0 Å². The summed E-state index contributed by atoms with van der Waals surface area (Å²) in [6.07, 6.45) is 1.47. The van der Waals surface area contributed by atoms with Crippen LogP contribution in [0, 0.1) is 6.92 Å². The van der Waals surface area contributed by atoms with E-state index in [-0.39, 0.29) is 12.5 Å². The molecule has 4 heterocycles. The molecule has 1 saturated heterocycles. The number of carbonyl (C=O) groups excluding carboxylic acids is 3. The van der Waals surface area contributed by atoms with Crippen LogP contribution in [-0.2, 0) is 9.59 Å². The number of piperazine rings is 1. The number of ketones is 1. The van der Waals surface area contributed by atoms with Gasteiger partial charge < -0.3 is 14.4 Å². The quantitative estimate of drug-likeness (QED) is 0.620. The predicted octanol–water partition coefficient (Wildman–Crippen LogP) is 2.68. The van der Waals surface area contributed by atoms with Gasteiger partial charge in [0, 0.05) is 38.3 Å². The van der Waals surface area contributed by atoms with E-state index in [1.807, 2.05) is 62.1 Å². The van der Waals surface area contributed by atoms with Crippen molar-refractivity contribution >= 4 is 28.9 Å². The van der Waals surface area contributed by atoms with Crippen LogP contribution in [0.2, 0.25) is 0 Å². The molecule has 0 aliphatic carbocycles. The van der Waals surface area contributed by atoms with Crippen molar-refractivity contribution in [1.82, 2.24) is 9.80 Å². The first-order chi connectivity index (χ1) is 17.2. The topological polar surface area (TPSA) is 79.4 Å². The molecule has 0 aromatic heterocycles. The summed E-state index contributed by atoms with van der Waals surface area (Å²) >= 11 is 0. The second kappa shape index (κ2) is 8.20. The number of anilines is 1. The van der Waals surface area contributed by atoms with Gasteiger partial charge in [-0.3, -0.25) is 24.2 Å². The lowest BCUT2D eigenvalue weighted by Gasteiger charge is -2.41. The van der Waals surface area contributed by atoms with Crippen molar-refractivity contribution in [3.8, 4) is 11.5 Å². The highest BCUT2D eigenvalue weighted by molar-refractivity contribution is 6.53. The average Bonchev–Trinajstić information content (AvgIpc) is 3.15. The molecule has 0 unspecified atom stereocenters. The fourth-order valence-corrected chi connectivity index (χ4v) is 5.74. The largest absolute Gasteiger partial charge is 0.485 e. The monoisotopic (exact) mass is 487 g/mol. The predicted molar refractivity (Wildman–Crippen MR) is 134 cm³/mol. The molecular formula is C28H29N3O5. The van der Waals surface area contributed by atoms with Crippen molar-refractivity contribution in [2.75, 3.05) is 44.2 Å². The molecule has 186 valence electrons. The molecule has 0 radical (unpaired) electrons. The zero-order chi connectivity index (χ0) is 25.2. The third-order valence-electron chi connectivity index (χ3n) is 7.55. The van der Waals surface area contributed by atoms with Gasteiger partial charge in [-0.25, -0.2) is 0 Å². The van der Waals surface area contributed by atoms with Gasteiger partial charge >= 0.3 is 0 Å². The molecule has 8 heteroatoms. The molecule has 4 aliphatic rings. The number of aryl methyl sites for hydroxylation is 1. The lowest BCUT2D eigenvalue weighted by atomic mass is 9.87. The Morgan fingerprint density at radius 2 is 1.75 bits per heavy atom. The summed E-state index contributed by atoms with van der Waals surface area (Å²) < 4.78 is 11.6. The van der Waals surface area contributed by atoms with E-state index in [2.05, 4.69) is 11.0 Å².